The Morgan fingerprint density at radius 1 is 1.62 bits per heavy atom. The average Bonchev–Trinajstić information content (AvgIpc) is 2.19. The summed E-state index contributed by atoms with van der Waals surface area (Å²) in [6.07, 6.45) is 3.57. The van der Waals surface area contributed by atoms with E-state index in [9.17, 15) is 4.79 Å². The zero-order valence-electron chi connectivity index (χ0n) is 7.68. The first-order valence-corrected chi connectivity index (χ1v) is 4.72. The smallest absolute Gasteiger partial charge is 0.237 e. The van der Waals surface area contributed by atoms with Crippen LogP contribution in [0.4, 0.5) is 0 Å². The molecule has 4 nitrogen and oxygen atoms in total. The second-order valence-electron chi connectivity index (χ2n) is 3.20. The van der Waals surface area contributed by atoms with Crippen molar-refractivity contribution in [2.45, 2.75) is 31.7 Å². The molecular formula is C9H15N3O. The van der Waals surface area contributed by atoms with Crippen molar-refractivity contribution in [3.8, 4) is 6.07 Å². The quantitative estimate of drug-likeness (QED) is 0.609. The van der Waals surface area contributed by atoms with Crippen molar-refractivity contribution < 1.29 is 4.79 Å². The summed E-state index contributed by atoms with van der Waals surface area (Å²) in [6.45, 7) is 1.39. The predicted molar refractivity (Wildman–Crippen MR) is 48.9 cm³/mol. The highest BCUT2D eigenvalue weighted by molar-refractivity contribution is 5.81. The number of nitriles is 1. The minimum Gasteiger partial charge on any atom is -0.354 e. The fourth-order valence-electron chi connectivity index (χ4n) is 1.44. The van der Waals surface area contributed by atoms with Gasteiger partial charge in [-0.2, -0.15) is 5.26 Å². The molecule has 1 unspecified atom stereocenters. The van der Waals surface area contributed by atoms with Crippen molar-refractivity contribution in [2.75, 3.05) is 13.1 Å². The lowest BCUT2D eigenvalue weighted by Crippen LogP contribution is -2.46. The van der Waals surface area contributed by atoms with Gasteiger partial charge in [0.2, 0.25) is 5.91 Å². The SMILES string of the molecule is N#CCCNC(=O)C1CCCCN1. The highest BCUT2D eigenvalue weighted by Crippen LogP contribution is 2.06. The van der Waals surface area contributed by atoms with Crippen molar-refractivity contribution >= 4 is 5.91 Å². The van der Waals surface area contributed by atoms with E-state index in [4.69, 9.17) is 5.26 Å². The number of hydrogen-bond donors (Lipinski definition) is 2. The van der Waals surface area contributed by atoms with E-state index in [-0.39, 0.29) is 11.9 Å². The number of piperidine rings is 1. The Labute approximate surface area is 78.3 Å². The molecule has 0 bridgehead atoms. The summed E-state index contributed by atoms with van der Waals surface area (Å²) in [4.78, 5) is 11.4. The molecule has 1 aliphatic heterocycles. The lowest BCUT2D eigenvalue weighted by Gasteiger charge is -2.22. The van der Waals surface area contributed by atoms with Gasteiger partial charge < -0.3 is 10.6 Å². The van der Waals surface area contributed by atoms with Gasteiger partial charge in [-0.25, -0.2) is 0 Å². The molecule has 0 radical (unpaired) electrons. The van der Waals surface area contributed by atoms with Crippen LogP contribution >= 0.6 is 0 Å². The molecule has 4 heteroatoms. The highest BCUT2D eigenvalue weighted by atomic mass is 16.2. The van der Waals surface area contributed by atoms with E-state index in [1.807, 2.05) is 6.07 Å². The van der Waals surface area contributed by atoms with E-state index < -0.39 is 0 Å². The largest absolute Gasteiger partial charge is 0.354 e. The molecule has 1 atom stereocenters. The molecule has 0 aromatic rings. The first-order chi connectivity index (χ1) is 6.34. The summed E-state index contributed by atoms with van der Waals surface area (Å²) in [7, 11) is 0. The highest BCUT2D eigenvalue weighted by Gasteiger charge is 2.19. The second kappa shape index (κ2) is 5.55. The van der Waals surface area contributed by atoms with E-state index in [0.717, 1.165) is 25.8 Å². The minimum absolute atomic E-state index is 0.0348. The van der Waals surface area contributed by atoms with Gasteiger partial charge in [-0.05, 0) is 19.4 Å². The Bertz CT molecular complexity index is 203. The van der Waals surface area contributed by atoms with Crippen LogP contribution in [0.3, 0.4) is 0 Å². The zero-order chi connectivity index (χ0) is 9.52. The van der Waals surface area contributed by atoms with Crippen molar-refractivity contribution in [2.24, 2.45) is 0 Å². The van der Waals surface area contributed by atoms with Crippen LogP contribution in [-0.2, 0) is 4.79 Å². The van der Waals surface area contributed by atoms with Crippen LogP contribution in [0.15, 0.2) is 0 Å². The van der Waals surface area contributed by atoms with Gasteiger partial charge in [0.15, 0.2) is 0 Å². The summed E-state index contributed by atoms with van der Waals surface area (Å²) >= 11 is 0. The number of nitrogens with zero attached hydrogens (tertiary/aromatic N) is 1. The summed E-state index contributed by atoms with van der Waals surface area (Å²) in [5.74, 6) is 0.0370. The molecule has 1 aliphatic rings. The molecule has 1 amide bonds. The van der Waals surface area contributed by atoms with Crippen molar-refractivity contribution in [1.82, 2.24) is 10.6 Å². The van der Waals surface area contributed by atoms with E-state index in [0.29, 0.717) is 13.0 Å². The van der Waals surface area contributed by atoms with Gasteiger partial charge in [0.1, 0.15) is 0 Å². The lowest BCUT2D eigenvalue weighted by atomic mass is 10.0. The van der Waals surface area contributed by atoms with Gasteiger partial charge in [-0.15, -0.1) is 0 Å². The summed E-state index contributed by atoms with van der Waals surface area (Å²) in [5, 5.41) is 14.2. The molecule has 13 heavy (non-hydrogen) atoms. The van der Waals surface area contributed by atoms with Crippen LogP contribution in [0, 0.1) is 11.3 Å². The maximum Gasteiger partial charge on any atom is 0.237 e. The van der Waals surface area contributed by atoms with Gasteiger partial charge >= 0.3 is 0 Å². The van der Waals surface area contributed by atoms with Crippen LogP contribution in [-0.4, -0.2) is 25.0 Å². The topological polar surface area (TPSA) is 64.9 Å². The number of hydrogen-bond acceptors (Lipinski definition) is 3. The maximum atomic E-state index is 11.4. The molecule has 1 heterocycles. The molecule has 0 aliphatic carbocycles. The molecule has 0 aromatic heterocycles. The molecule has 0 aromatic carbocycles. The lowest BCUT2D eigenvalue weighted by molar-refractivity contribution is -0.123. The number of amides is 1. The van der Waals surface area contributed by atoms with Crippen LogP contribution in [0.2, 0.25) is 0 Å². The van der Waals surface area contributed by atoms with E-state index >= 15 is 0 Å². The number of nitrogens with one attached hydrogen (secondary N) is 2. The summed E-state index contributed by atoms with van der Waals surface area (Å²) < 4.78 is 0. The molecule has 1 saturated heterocycles. The third kappa shape index (κ3) is 3.43. The third-order valence-corrected chi connectivity index (χ3v) is 2.16. The van der Waals surface area contributed by atoms with E-state index in [1.54, 1.807) is 0 Å². The van der Waals surface area contributed by atoms with E-state index in [1.165, 1.54) is 0 Å². The molecule has 0 saturated carbocycles. The summed E-state index contributed by atoms with van der Waals surface area (Å²) in [5.41, 5.74) is 0. The molecule has 2 N–H and O–H groups in total. The average molecular weight is 181 g/mol. The van der Waals surface area contributed by atoms with Crippen LogP contribution in [0.5, 0.6) is 0 Å². The van der Waals surface area contributed by atoms with Gasteiger partial charge in [0.05, 0.1) is 18.5 Å². The first kappa shape index (κ1) is 10.0. The van der Waals surface area contributed by atoms with Gasteiger partial charge in [-0.1, -0.05) is 6.42 Å². The van der Waals surface area contributed by atoms with E-state index in [2.05, 4.69) is 10.6 Å². The fourth-order valence-corrected chi connectivity index (χ4v) is 1.44. The summed E-state index contributed by atoms with van der Waals surface area (Å²) in [6, 6.07) is 1.96. The van der Waals surface area contributed by atoms with Crippen molar-refractivity contribution in [3.05, 3.63) is 0 Å². The maximum absolute atomic E-state index is 11.4. The normalized spacial score (nSPS) is 21.9. The van der Waals surface area contributed by atoms with Crippen LogP contribution < -0.4 is 10.6 Å². The molecule has 72 valence electrons. The fraction of sp³-hybridized carbons (Fsp3) is 0.778. The number of carbonyl (C=O) groups is 1. The Hall–Kier alpha value is -1.08. The van der Waals surface area contributed by atoms with Gasteiger partial charge in [0, 0.05) is 6.54 Å². The number of carbonyl (C=O) groups excluding carboxylic acids is 1. The third-order valence-electron chi connectivity index (χ3n) is 2.16. The minimum atomic E-state index is -0.0348. The van der Waals surface area contributed by atoms with Crippen molar-refractivity contribution in [1.29, 1.82) is 5.26 Å². The Kier molecular flexibility index (Phi) is 4.27. The van der Waals surface area contributed by atoms with Crippen LogP contribution in [0.25, 0.3) is 0 Å². The predicted octanol–water partition coefficient (Wildman–Crippen LogP) is 0.158. The Morgan fingerprint density at radius 3 is 3.08 bits per heavy atom. The van der Waals surface area contributed by atoms with Gasteiger partial charge in [0.25, 0.3) is 0 Å². The molecule has 1 rings (SSSR count). The Morgan fingerprint density at radius 2 is 2.46 bits per heavy atom. The monoisotopic (exact) mass is 181 g/mol. The first-order valence-electron chi connectivity index (χ1n) is 4.72. The van der Waals surface area contributed by atoms with Gasteiger partial charge in [-0.3, -0.25) is 4.79 Å². The Balaban J connectivity index is 2.18. The molecule has 0 spiro atoms. The van der Waals surface area contributed by atoms with Crippen LogP contribution in [0.1, 0.15) is 25.7 Å². The molecule has 1 fully saturated rings. The van der Waals surface area contributed by atoms with Crippen molar-refractivity contribution in [3.63, 3.8) is 0 Å². The number of rotatable bonds is 3. The standard InChI is InChI=1S/C9H15N3O/c10-5-3-7-12-9(13)8-4-1-2-6-11-8/h8,11H,1-4,6-7H2,(H,12,13). The zero-order valence-corrected chi connectivity index (χ0v) is 7.68. The molecular weight excluding hydrogens is 166 g/mol. The second-order valence-corrected chi connectivity index (χ2v) is 3.20.